The van der Waals surface area contributed by atoms with E-state index in [2.05, 4.69) is 26.1 Å². The van der Waals surface area contributed by atoms with Crippen molar-refractivity contribution in [2.45, 2.75) is 6.54 Å². The van der Waals surface area contributed by atoms with Crippen molar-refractivity contribution in [2.75, 3.05) is 63.3 Å². The first-order valence-electron chi connectivity index (χ1n) is 11.7. The first-order valence-corrected chi connectivity index (χ1v) is 13.8. The highest BCUT2D eigenvalue weighted by molar-refractivity contribution is 7.79. The Morgan fingerprint density at radius 1 is 1.09 bits per heavy atom. The van der Waals surface area contributed by atoms with Crippen LogP contribution in [0.3, 0.4) is 0 Å². The van der Waals surface area contributed by atoms with Gasteiger partial charge in [-0.3, -0.25) is 19.1 Å². The minimum atomic E-state index is -2.03. The molecule has 0 bridgehead atoms. The SMILES string of the molecule is O=S([O-])CN1CCN(Cc2cc3nc(-c4cccc5[nH]ncc45)nc(N4CCOCC4)c3s2)CC1. The molecule has 2 fully saturated rings. The molecule has 12 heteroatoms. The molecule has 1 unspecified atom stereocenters. The van der Waals surface area contributed by atoms with Crippen molar-refractivity contribution in [1.82, 2.24) is 30.0 Å². The van der Waals surface area contributed by atoms with Gasteiger partial charge in [-0.25, -0.2) is 9.97 Å². The molecule has 10 nitrogen and oxygen atoms in total. The molecular formula is C23H26N7O3S2-. The van der Waals surface area contributed by atoms with Crippen LogP contribution in [0.4, 0.5) is 5.82 Å². The van der Waals surface area contributed by atoms with Gasteiger partial charge < -0.3 is 14.2 Å². The summed E-state index contributed by atoms with van der Waals surface area (Å²) in [6.45, 7) is 7.03. The van der Waals surface area contributed by atoms with Crippen LogP contribution in [0.1, 0.15) is 4.88 Å². The number of fused-ring (bicyclic) bond motifs is 2. The number of aromatic nitrogens is 4. The largest absolute Gasteiger partial charge is 0.771 e. The molecule has 2 saturated heterocycles. The maximum atomic E-state index is 11.0. The molecule has 35 heavy (non-hydrogen) atoms. The number of piperazine rings is 1. The number of nitrogens with zero attached hydrogens (tertiary/aromatic N) is 6. The Hall–Kier alpha value is -2.48. The van der Waals surface area contributed by atoms with E-state index >= 15 is 0 Å². The van der Waals surface area contributed by atoms with Crippen LogP contribution in [-0.2, 0) is 22.4 Å². The van der Waals surface area contributed by atoms with E-state index in [1.807, 2.05) is 29.3 Å². The third kappa shape index (κ3) is 4.82. The zero-order valence-electron chi connectivity index (χ0n) is 19.2. The van der Waals surface area contributed by atoms with E-state index in [1.54, 1.807) is 11.3 Å². The lowest BCUT2D eigenvalue weighted by Crippen LogP contribution is -2.46. The smallest absolute Gasteiger partial charge is 0.162 e. The number of rotatable bonds is 6. The van der Waals surface area contributed by atoms with Crippen LogP contribution < -0.4 is 4.90 Å². The van der Waals surface area contributed by atoms with E-state index < -0.39 is 11.1 Å². The van der Waals surface area contributed by atoms with Gasteiger partial charge in [0.05, 0.1) is 41.0 Å². The molecule has 2 aliphatic heterocycles. The molecule has 0 amide bonds. The maximum Gasteiger partial charge on any atom is 0.162 e. The highest BCUT2D eigenvalue weighted by atomic mass is 32.2. The summed E-state index contributed by atoms with van der Waals surface area (Å²) in [5.41, 5.74) is 2.88. The number of thiophene rings is 1. The Labute approximate surface area is 209 Å². The Kier molecular flexibility index (Phi) is 6.48. The zero-order valence-corrected chi connectivity index (χ0v) is 20.8. The Morgan fingerprint density at radius 2 is 1.89 bits per heavy atom. The van der Waals surface area contributed by atoms with E-state index in [4.69, 9.17) is 14.7 Å². The van der Waals surface area contributed by atoms with Crippen molar-refractivity contribution in [3.63, 3.8) is 0 Å². The van der Waals surface area contributed by atoms with E-state index in [1.165, 1.54) is 4.88 Å². The summed E-state index contributed by atoms with van der Waals surface area (Å²) in [7, 11) is 0. The zero-order chi connectivity index (χ0) is 23.8. The Bertz CT molecular complexity index is 1360. The van der Waals surface area contributed by atoms with Gasteiger partial charge in [-0.2, -0.15) is 5.10 Å². The van der Waals surface area contributed by atoms with Crippen LogP contribution >= 0.6 is 11.3 Å². The number of benzene rings is 1. The van der Waals surface area contributed by atoms with Crippen molar-refractivity contribution in [1.29, 1.82) is 0 Å². The molecule has 1 N–H and O–H groups in total. The van der Waals surface area contributed by atoms with Crippen LogP contribution in [0.2, 0.25) is 0 Å². The van der Waals surface area contributed by atoms with Gasteiger partial charge in [0.25, 0.3) is 0 Å². The highest BCUT2D eigenvalue weighted by Gasteiger charge is 2.23. The second kappa shape index (κ2) is 9.88. The number of anilines is 1. The molecule has 2 aliphatic rings. The summed E-state index contributed by atoms with van der Waals surface area (Å²) < 4.78 is 28.7. The monoisotopic (exact) mass is 512 g/mol. The summed E-state index contributed by atoms with van der Waals surface area (Å²) >= 11 is -0.276. The fourth-order valence-electron chi connectivity index (χ4n) is 4.76. The predicted molar refractivity (Wildman–Crippen MR) is 136 cm³/mol. The highest BCUT2D eigenvalue weighted by Crippen LogP contribution is 2.36. The lowest BCUT2D eigenvalue weighted by atomic mass is 10.1. The minimum absolute atomic E-state index is 0.113. The number of H-pyrrole nitrogens is 1. The standard InChI is InChI=1S/C23H27N7O3S2/c31-35(32)15-29-6-4-28(5-7-29)14-16-12-20-21(34-16)23(30-8-10-33-11-9-30)26-22(25-20)17-2-1-3-19-18(17)13-24-27-19/h1-3,12-13H,4-11,14-15H2,(H,24,27)(H,31,32)/p-1. The number of hydrogen-bond donors (Lipinski definition) is 1. The third-order valence-electron chi connectivity index (χ3n) is 6.57. The Balaban J connectivity index is 1.33. The van der Waals surface area contributed by atoms with Crippen molar-refractivity contribution >= 4 is 49.4 Å². The summed E-state index contributed by atoms with van der Waals surface area (Å²) in [6, 6.07) is 8.23. The number of morpholine rings is 1. The summed E-state index contributed by atoms with van der Waals surface area (Å²) in [4.78, 5) is 18.0. The topological polar surface area (TPSA) is 114 Å². The maximum absolute atomic E-state index is 11.0. The number of aromatic amines is 1. The van der Waals surface area contributed by atoms with Gasteiger partial charge >= 0.3 is 0 Å². The van der Waals surface area contributed by atoms with Gasteiger partial charge in [0.1, 0.15) is 0 Å². The van der Waals surface area contributed by atoms with Gasteiger partial charge in [0, 0.05) is 61.6 Å². The van der Waals surface area contributed by atoms with Gasteiger partial charge in [-0.05, 0) is 23.2 Å². The van der Waals surface area contributed by atoms with Crippen LogP contribution in [0, 0.1) is 0 Å². The molecule has 5 heterocycles. The Morgan fingerprint density at radius 3 is 2.69 bits per heavy atom. The lowest BCUT2D eigenvalue weighted by Gasteiger charge is -2.34. The first-order chi connectivity index (χ1) is 17.1. The lowest BCUT2D eigenvalue weighted by molar-refractivity contribution is 0.122. The molecule has 0 spiro atoms. The van der Waals surface area contributed by atoms with E-state index in [9.17, 15) is 8.76 Å². The fourth-order valence-corrected chi connectivity index (χ4v) is 6.47. The number of ether oxygens (including phenoxy) is 1. The minimum Gasteiger partial charge on any atom is -0.771 e. The molecule has 3 aromatic heterocycles. The summed E-state index contributed by atoms with van der Waals surface area (Å²) in [6.07, 6.45) is 1.83. The number of nitrogens with one attached hydrogen (secondary N) is 1. The van der Waals surface area contributed by atoms with E-state index in [0.29, 0.717) is 19.0 Å². The predicted octanol–water partition coefficient (Wildman–Crippen LogP) is 2.03. The van der Waals surface area contributed by atoms with E-state index in [-0.39, 0.29) is 5.88 Å². The van der Waals surface area contributed by atoms with Crippen molar-refractivity contribution in [2.24, 2.45) is 0 Å². The third-order valence-corrected chi connectivity index (χ3v) is 8.25. The number of hydrogen-bond acceptors (Lipinski definition) is 10. The van der Waals surface area contributed by atoms with Crippen molar-refractivity contribution < 1.29 is 13.5 Å². The summed E-state index contributed by atoms with van der Waals surface area (Å²) in [5.74, 6) is 1.78. The van der Waals surface area contributed by atoms with Crippen LogP contribution in [-0.4, -0.2) is 97.1 Å². The molecule has 0 radical (unpaired) electrons. The molecule has 0 saturated carbocycles. The van der Waals surface area contributed by atoms with Crippen molar-refractivity contribution in [3.05, 3.63) is 35.3 Å². The average Bonchev–Trinajstić information content (AvgIpc) is 3.51. The molecule has 6 rings (SSSR count). The van der Waals surface area contributed by atoms with Crippen LogP contribution in [0.5, 0.6) is 0 Å². The second-order valence-corrected chi connectivity index (χ2v) is 10.9. The van der Waals surface area contributed by atoms with Crippen LogP contribution in [0.25, 0.3) is 32.5 Å². The van der Waals surface area contributed by atoms with Gasteiger partial charge in [-0.15, -0.1) is 11.3 Å². The molecule has 4 aromatic rings. The molecule has 1 aromatic carbocycles. The van der Waals surface area contributed by atoms with Gasteiger partial charge in [-0.1, -0.05) is 12.1 Å². The molecule has 0 aliphatic carbocycles. The fraction of sp³-hybridized carbons (Fsp3) is 0.435. The van der Waals surface area contributed by atoms with Crippen molar-refractivity contribution in [3.8, 4) is 11.4 Å². The van der Waals surface area contributed by atoms with E-state index in [0.717, 1.165) is 78.3 Å². The van der Waals surface area contributed by atoms with Gasteiger partial charge in [0.15, 0.2) is 11.6 Å². The van der Waals surface area contributed by atoms with Gasteiger partial charge in [0.2, 0.25) is 0 Å². The normalized spacial score (nSPS) is 19.1. The molecular weight excluding hydrogens is 486 g/mol. The quantitative estimate of drug-likeness (QED) is 0.388. The van der Waals surface area contributed by atoms with Crippen LogP contribution in [0.15, 0.2) is 30.5 Å². The summed E-state index contributed by atoms with van der Waals surface area (Å²) in [5, 5.41) is 8.24. The molecule has 184 valence electrons. The molecule has 1 atom stereocenters. The average molecular weight is 513 g/mol. The first kappa shape index (κ1) is 23.0. The second-order valence-electron chi connectivity index (χ2n) is 8.86.